The van der Waals surface area contributed by atoms with Crippen LogP contribution in [0.1, 0.15) is 0 Å². The van der Waals surface area contributed by atoms with E-state index in [1.807, 2.05) is 0 Å². The molecule has 9 heavy (non-hydrogen) atoms. The zero-order valence-electron chi connectivity index (χ0n) is 4.09. The van der Waals surface area contributed by atoms with Crippen molar-refractivity contribution in [2.75, 3.05) is 0 Å². The van der Waals surface area contributed by atoms with Crippen LogP contribution in [0.5, 0.6) is 0 Å². The summed E-state index contributed by atoms with van der Waals surface area (Å²) < 4.78 is 0. The van der Waals surface area contributed by atoms with Crippen molar-refractivity contribution in [3.63, 3.8) is 0 Å². The molecule has 0 aliphatic carbocycles. The fourth-order valence-electron chi connectivity index (χ4n) is 0. The van der Waals surface area contributed by atoms with Crippen molar-refractivity contribution in [2.45, 2.75) is 0 Å². The summed E-state index contributed by atoms with van der Waals surface area (Å²) in [6.07, 6.45) is 0. The first kappa shape index (κ1) is 51.1. The minimum absolute atomic E-state index is 0. The van der Waals surface area contributed by atoms with E-state index < -0.39 is 0 Å². The smallest absolute Gasteiger partial charge is 0.512 e. The summed E-state index contributed by atoms with van der Waals surface area (Å²) in [6, 6.07) is 0. The Labute approximate surface area is 65.0 Å². The molecule has 5 heteroatoms. The van der Waals surface area contributed by atoms with E-state index in [1.165, 1.54) is 0 Å². The molecule has 0 aromatic carbocycles. The van der Waals surface area contributed by atoms with Crippen LogP contribution in [0.15, 0.2) is 0 Å². The van der Waals surface area contributed by atoms with Crippen molar-refractivity contribution in [1.29, 1.82) is 21.0 Å². The van der Waals surface area contributed by atoms with Gasteiger partial charge in [0.1, 0.15) is 0 Å². The average molecular weight is 168 g/mol. The molecule has 0 aromatic rings. The summed E-state index contributed by atoms with van der Waals surface area (Å²) in [5.41, 5.74) is 0. The predicted molar refractivity (Wildman–Crippen MR) is 19.9 cm³/mol. The number of nitrogens with zero attached hydrogens (tertiary/aromatic N) is 4. The van der Waals surface area contributed by atoms with Crippen LogP contribution >= 0.6 is 0 Å². The predicted octanol–water partition coefficient (Wildman–Crippen LogP) is 0.383. The van der Waals surface area contributed by atoms with Crippen molar-refractivity contribution in [3.8, 4) is 0 Å². The molecular formula is C4CuN4-2. The van der Waals surface area contributed by atoms with Crippen LogP contribution in [0.25, 0.3) is 0 Å². The van der Waals surface area contributed by atoms with Crippen molar-refractivity contribution in [3.05, 3.63) is 26.3 Å². The standard InChI is InChI=1S/4CN.Cu/c4*1-2;/q4*-1;+2. The molecule has 4 nitrogen and oxygen atoms in total. The Hall–Kier alpha value is -1.52. The zero-order valence-corrected chi connectivity index (χ0v) is 5.03. The molecule has 0 unspecified atom stereocenters. The molecule has 0 heterocycles. The van der Waals surface area contributed by atoms with Gasteiger partial charge in [-0.25, -0.2) is 0 Å². The van der Waals surface area contributed by atoms with E-state index in [4.69, 9.17) is 47.3 Å². The Kier molecular flexibility index (Phi) is 478. The Morgan fingerprint density at radius 1 is 0.444 bits per heavy atom. The van der Waals surface area contributed by atoms with E-state index in [1.54, 1.807) is 0 Å². The largest absolute Gasteiger partial charge is 2.00 e. The van der Waals surface area contributed by atoms with Gasteiger partial charge in [0.15, 0.2) is 0 Å². The molecule has 0 fully saturated rings. The molecule has 0 aliphatic heterocycles. The van der Waals surface area contributed by atoms with Gasteiger partial charge in [0, 0.05) is 0 Å². The summed E-state index contributed by atoms with van der Waals surface area (Å²) in [7, 11) is 0. The maximum atomic E-state index is 6.25. The second-order valence-corrected chi connectivity index (χ2v) is 0. The third kappa shape index (κ3) is 56.2. The van der Waals surface area contributed by atoms with Gasteiger partial charge < -0.3 is 47.3 Å². The van der Waals surface area contributed by atoms with Crippen molar-refractivity contribution in [2.24, 2.45) is 0 Å². The van der Waals surface area contributed by atoms with Gasteiger partial charge in [-0.2, -0.15) is 0 Å². The van der Waals surface area contributed by atoms with Crippen LogP contribution < -0.4 is 0 Å². The van der Waals surface area contributed by atoms with E-state index >= 15 is 0 Å². The van der Waals surface area contributed by atoms with E-state index in [2.05, 4.69) is 0 Å². The molecule has 1 radical (unpaired) electrons. The van der Waals surface area contributed by atoms with E-state index in [0.29, 0.717) is 0 Å². The molecule has 0 amide bonds. The third-order valence-electron chi connectivity index (χ3n) is 0. The normalized spacial score (nSPS) is 0.889. The number of hydrogen-bond donors (Lipinski definition) is 0. The quantitative estimate of drug-likeness (QED) is 0.385. The van der Waals surface area contributed by atoms with Crippen LogP contribution in [0.3, 0.4) is 0 Å². The minimum atomic E-state index is 0. The zero-order chi connectivity index (χ0) is 8.00. The molecule has 0 saturated heterocycles. The van der Waals surface area contributed by atoms with E-state index in [-0.39, 0.29) is 17.1 Å². The Balaban J connectivity index is -0.00000000762. The number of rotatable bonds is 0. The molecule has 0 rings (SSSR count). The summed E-state index contributed by atoms with van der Waals surface area (Å²) >= 11 is 0. The maximum absolute atomic E-state index is 6.25. The maximum Gasteiger partial charge on any atom is 2.00 e. The van der Waals surface area contributed by atoms with E-state index in [0.717, 1.165) is 0 Å². The van der Waals surface area contributed by atoms with Crippen LogP contribution in [-0.2, 0) is 17.1 Å². The third-order valence-corrected chi connectivity index (χ3v) is 0. The first-order valence-corrected chi connectivity index (χ1v) is 0.894. The van der Waals surface area contributed by atoms with Gasteiger partial charge in [0.2, 0.25) is 0 Å². The summed E-state index contributed by atoms with van der Waals surface area (Å²) in [5.74, 6) is 0. The molecule has 0 N–H and O–H groups in total. The van der Waals surface area contributed by atoms with Crippen molar-refractivity contribution < 1.29 is 17.1 Å². The molecule has 0 atom stereocenters. The number of hydrogen-bond acceptors (Lipinski definition) is 4. The second-order valence-electron chi connectivity index (χ2n) is 0. The van der Waals surface area contributed by atoms with E-state index in [9.17, 15) is 0 Å². The molecule has 0 spiro atoms. The molecule has 49 valence electrons. The van der Waals surface area contributed by atoms with Crippen LogP contribution in [0.2, 0.25) is 0 Å². The van der Waals surface area contributed by atoms with Crippen LogP contribution in [-0.4, -0.2) is 0 Å². The summed E-state index contributed by atoms with van der Waals surface area (Å²) in [6.45, 7) is 19.0. The van der Waals surface area contributed by atoms with Gasteiger partial charge in [-0.05, 0) is 0 Å². The summed E-state index contributed by atoms with van der Waals surface area (Å²) in [5, 5.41) is 25.0. The molecule has 0 saturated carbocycles. The van der Waals surface area contributed by atoms with Gasteiger partial charge in [-0.1, -0.05) is 0 Å². The first-order valence-electron chi connectivity index (χ1n) is 0.894. The monoisotopic (exact) mass is 167 g/mol. The Morgan fingerprint density at radius 2 is 0.444 bits per heavy atom. The second kappa shape index (κ2) is 84.1. The Morgan fingerprint density at radius 3 is 0.444 bits per heavy atom. The molecule has 0 aliphatic rings. The molecule has 0 bridgehead atoms. The van der Waals surface area contributed by atoms with Gasteiger partial charge in [0.05, 0.1) is 0 Å². The van der Waals surface area contributed by atoms with Crippen molar-refractivity contribution >= 4 is 0 Å². The van der Waals surface area contributed by atoms with Gasteiger partial charge in [-0.15, -0.1) is 0 Å². The van der Waals surface area contributed by atoms with Crippen LogP contribution in [0, 0.1) is 47.3 Å². The molecule has 0 aromatic heterocycles. The van der Waals surface area contributed by atoms with Gasteiger partial charge in [0.25, 0.3) is 0 Å². The average Bonchev–Trinajstić information content (AvgIpc) is 2.03. The van der Waals surface area contributed by atoms with Gasteiger partial charge >= 0.3 is 17.1 Å². The minimum Gasteiger partial charge on any atom is -0.512 e. The van der Waals surface area contributed by atoms with Gasteiger partial charge in [-0.3, -0.25) is 0 Å². The fraction of sp³-hybridized carbons (Fsp3) is 0. The van der Waals surface area contributed by atoms with Crippen molar-refractivity contribution in [1.82, 2.24) is 0 Å². The Bertz CT molecular complexity index is 55.5. The van der Waals surface area contributed by atoms with Crippen LogP contribution in [0.4, 0.5) is 0 Å². The first-order chi connectivity index (χ1) is 4.00. The summed E-state index contributed by atoms with van der Waals surface area (Å²) in [4.78, 5) is 0. The SMILES string of the molecule is [C-]#N.[C-]#N.[C-]#N.[C-]#N.[Cu+2]. The fourth-order valence-corrected chi connectivity index (χ4v) is 0. The topological polar surface area (TPSA) is 95.2 Å². The molecular weight excluding hydrogens is 168 g/mol.